The number of hydrogen-bond donors (Lipinski definition) is 1. The number of phenolic OH excluding ortho intramolecular Hbond substituents is 1. The summed E-state index contributed by atoms with van der Waals surface area (Å²) in [7, 11) is 0. The summed E-state index contributed by atoms with van der Waals surface area (Å²) in [4.78, 5) is 0. The number of phenols is 1. The number of allylic oxidation sites excluding steroid dienone is 2. The standard InChI is InChI=1S/C14H10O/c15-13-9-8-11-6-3-5-10-4-1-2-7-12(13)14(10)11/h1-9,15H. The molecule has 15 heavy (non-hydrogen) atoms. The first-order valence-corrected chi connectivity index (χ1v) is 4.96. The molecule has 72 valence electrons. The molecule has 2 aromatic carbocycles. The molecular weight excluding hydrogens is 184 g/mol. The number of rotatable bonds is 0. The number of aromatic hydroxyl groups is 1. The zero-order chi connectivity index (χ0) is 10.3. The molecule has 0 bridgehead atoms. The van der Waals surface area contributed by atoms with E-state index < -0.39 is 0 Å². The Labute approximate surface area is 88.0 Å². The minimum absolute atomic E-state index is 0.342. The van der Waals surface area contributed by atoms with Crippen molar-refractivity contribution in [2.24, 2.45) is 0 Å². The molecule has 0 aromatic heterocycles. The van der Waals surface area contributed by atoms with Crippen LogP contribution >= 0.6 is 0 Å². The van der Waals surface area contributed by atoms with Crippen LogP contribution in [0.5, 0.6) is 5.75 Å². The number of benzene rings is 2. The van der Waals surface area contributed by atoms with Crippen molar-refractivity contribution >= 4 is 22.9 Å². The summed E-state index contributed by atoms with van der Waals surface area (Å²) in [5.74, 6) is 0.342. The zero-order valence-corrected chi connectivity index (χ0v) is 8.14. The van der Waals surface area contributed by atoms with Crippen LogP contribution in [0.4, 0.5) is 0 Å². The summed E-state index contributed by atoms with van der Waals surface area (Å²) in [5, 5.41) is 12.1. The normalized spacial score (nSPS) is 13.1. The van der Waals surface area contributed by atoms with Crippen molar-refractivity contribution in [2.75, 3.05) is 0 Å². The highest BCUT2D eigenvalue weighted by molar-refractivity contribution is 6.00. The first-order chi connectivity index (χ1) is 7.36. The summed E-state index contributed by atoms with van der Waals surface area (Å²) in [5.41, 5.74) is 2.07. The minimum atomic E-state index is 0.342. The maximum Gasteiger partial charge on any atom is 0.123 e. The Morgan fingerprint density at radius 2 is 1.73 bits per heavy atom. The molecule has 1 N–H and O–H groups in total. The zero-order valence-electron chi connectivity index (χ0n) is 8.14. The Morgan fingerprint density at radius 1 is 0.867 bits per heavy atom. The Balaban J connectivity index is 2.57. The Morgan fingerprint density at radius 3 is 2.67 bits per heavy atom. The van der Waals surface area contributed by atoms with Crippen molar-refractivity contribution in [2.45, 2.75) is 0 Å². The van der Waals surface area contributed by atoms with Crippen LogP contribution in [0.15, 0.2) is 42.5 Å². The van der Waals surface area contributed by atoms with Gasteiger partial charge in [-0.3, -0.25) is 0 Å². The minimum Gasteiger partial charge on any atom is -0.507 e. The maximum absolute atomic E-state index is 9.81. The van der Waals surface area contributed by atoms with Gasteiger partial charge in [0.25, 0.3) is 0 Å². The molecule has 1 aliphatic carbocycles. The van der Waals surface area contributed by atoms with Gasteiger partial charge in [0.15, 0.2) is 0 Å². The van der Waals surface area contributed by atoms with Crippen molar-refractivity contribution in [1.29, 1.82) is 0 Å². The topological polar surface area (TPSA) is 20.2 Å². The van der Waals surface area contributed by atoms with Crippen LogP contribution in [-0.4, -0.2) is 5.11 Å². The summed E-state index contributed by atoms with van der Waals surface area (Å²) in [6.45, 7) is 0. The fraction of sp³-hybridized carbons (Fsp3) is 0. The van der Waals surface area contributed by atoms with Crippen LogP contribution < -0.4 is 0 Å². The lowest BCUT2D eigenvalue weighted by atomic mass is 9.99. The molecule has 0 fully saturated rings. The number of hydrogen-bond acceptors (Lipinski definition) is 1. The lowest BCUT2D eigenvalue weighted by molar-refractivity contribution is 0.475. The molecule has 1 nitrogen and oxygen atoms in total. The van der Waals surface area contributed by atoms with Crippen molar-refractivity contribution in [3.8, 4) is 5.75 Å². The van der Waals surface area contributed by atoms with Crippen molar-refractivity contribution in [3.63, 3.8) is 0 Å². The summed E-state index contributed by atoms with van der Waals surface area (Å²) in [6, 6.07) is 9.86. The van der Waals surface area contributed by atoms with E-state index in [2.05, 4.69) is 18.2 Å². The van der Waals surface area contributed by atoms with Crippen molar-refractivity contribution in [1.82, 2.24) is 0 Å². The molecule has 2 aromatic rings. The van der Waals surface area contributed by atoms with Gasteiger partial charge in [-0.25, -0.2) is 0 Å². The lowest BCUT2D eigenvalue weighted by Crippen LogP contribution is -1.83. The van der Waals surface area contributed by atoms with E-state index in [1.807, 2.05) is 30.4 Å². The predicted octanol–water partition coefficient (Wildman–Crippen LogP) is 3.59. The second-order valence-corrected chi connectivity index (χ2v) is 3.66. The molecule has 0 heterocycles. The van der Waals surface area contributed by atoms with Crippen LogP contribution in [0.2, 0.25) is 0 Å². The SMILES string of the molecule is Oc1ccc2cccc3c2c1C=CC=C3. The predicted molar refractivity (Wildman–Crippen MR) is 63.7 cm³/mol. The van der Waals surface area contributed by atoms with Crippen LogP contribution in [0, 0.1) is 0 Å². The highest BCUT2D eigenvalue weighted by Gasteiger charge is 2.08. The second-order valence-electron chi connectivity index (χ2n) is 3.66. The molecule has 0 amide bonds. The highest BCUT2D eigenvalue weighted by Crippen LogP contribution is 2.32. The molecule has 0 atom stereocenters. The highest BCUT2D eigenvalue weighted by atomic mass is 16.3. The first kappa shape index (κ1) is 8.30. The van der Waals surface area contributed by atoms with E-state index in [0.717, 1.165) is 21.9 Å². The largest absolute Gasteiger partial charge is 0.507 e. The molecule has 0 unspecified atom stereocenters. The Bertz CT molecular complexity index is 592. The molecule has 0 saturated carbocycles. The molecular formula is C14H10O. The summed E-state index contributed by atoms with van der Waals surface area (Å²) in [6.07, 6.45) is 7.96. The average molecular weight is 194 g/mol. The van der Waals surface area contributed by atoms with E-state index in [1.54, 1.807) is 6.07 Å². The van der Waals surface area contributed by atoms with Gasteiger partial charge in [0.1, 0.15) is 5.75 Å². The van der Waals surface area contributed by atoms with Gasteiger partial charge in [-0.1, -0.05) is 48.6 Å². The van der Waals surface area contributed by atoms with Crippen LogP contribution in [0.25, 0.3) is 22.9 Å². The first-order valence-electron chi connectivity index (χ1n) is 4.96. The van der Waals surface area contributed by atoms with E-state index in [9.17, 15) is 5.11 Å². The molecule has 1 heteroatoms. The average Bonchev–Trinajstić information content (AvgIpc) is 2.48. The maximum atomic E-state index is 9.81. The van der Waals surface area contributed by atoms with E-state index in [1.165, 1.54) is 0 Å². The fourth-order valence-corrected chi connectivity index (χ4v) is 2.04. The summed E-state index contributed by atoms with van der Waals surface area (Å²) < 4.78 is 0. The van der Waals surface area contributed by atoms with Crippen molar-refractivity contribution < 1.29 is 5.11 Å². The monoisotopic (exact) mass is 194 g/mol. The van der Waals surface area contributed by atoms with Gasteiger partial charge in [-0.05, 0) is 22.4 Å². The lowest BCUT2D eigenvalue weighted by Gasteiger charge is -2.07. The van der Waals surface area contributed by atoms with Gasteiger partial charge < -0.3 is 5.11 Å². The molecule has 0 saturated heterocycles. The van der Waals surface area contributed by atoms with Crippen LogP contribution in [-0.2, 0) is 0 Å². The van der Waals surface area contributed by atoms with E-state index in [-0.39, 0.29) is 0 Å². The van der Waals surface area contributed by atoms with Crippen molar-refractivity contribution in [3.05, 3.63) is 53.6 Å². The third-order valence-electron chi connectivity index (χ3n) is 2.74. The summed E-state index contributed by atoms with van der Waals surface area (Å²) >= 11 is 0. The van der Waals surface area contributed by atoms with E-state index in [0.29, 0.717) is 5.75 Å². The molecule has 0 spiro atoms. The van der Waals surface area contributed by atoms with Gasteiger partial charge in [-0.2, -0.15) is 0 Å². The van der Waals surface area contributed by atoms with Crippen LogP contribution in [0.3, 0.4) is 0 Å². The quantitative estimate of drug-likeness (QED) is 0.679. The van der Waals surface area contributed by atoms with Gasteiger partial charge in [-0.15, -0.1) is 0 Å². The molecule has 3 rings (SSSR count). The molecule has 1 aliphatic rings. The second kappa shape index (κ2) is 2.99. The Hall–Kier alpha value is -2.02. The van der Waals surface area contributed by atoms with Gasteiger partial charge in [0, 0.05) is 5.56 Å². The van der Waals surface area contributed by atoms with E-state index in [4.69, 9.17) is 0 Å². The van der Waals surface area contributed by atoms with Gasteiger partial charge in [0.2, 0.25) is 0 Å². The third kappa shape index (κ3) is 1.17. The van der Waals surface area contributed by atoms with Gasteiger partial charge in [0.05, 0.1) is 0 Å². The smallest absolute Gasteiger partial charge is 0.123 e. The Kier molecular flexibility index (Phi) is 1.65. The van der Waals surface area contributed by atoms with Gasteiger partial charge >= 0.3 is 0 Å². The molecule has 0 aliphatic heterocycles. The van der Waals surface area contributed by atoms with E-state index >= 15 is 0 Å². The van der Waals surface area contributed by atoms with Crippen LogP contribution in [0.1, 0.15) is 11.1 Å². The molecule has 0 radical (unpaired) electrons. The fourth-order valence-electron chi connectivity index (χ4n) is 2.04. The third-order valence-corrected chi connectivity index (χ3v) is 2.74.